The van der Waals surface area contributed by atoms with Crippen molar-refractivity contribution in [1.29, 1.82) is 5.26 Å². The first-order valence-electron chi connectivity index (χ1n) is 4.53. The van der Waals surface area contributed by atoms with Crippen LogP contribution in [0.1, 0.15) is 25.8 Å². The molecule has 74 valence electrons. The Morgan fingerprint density at radius 3 is 2.79 bits per heavy atom. The molecular formula is C11H12FNS. The summed E-state index contributed by atoms with van der Waals surface area (Å²) in [7, 11) is 0. The number of halogens is 1. The number of hydrogen-bond donors (Lipinski definition) is 0. The third kappa shape index (κ3) is 2.74. The smallest absolute Gasteiger partial charge is 0.138 e. The molecule has 1 unspecified atom stereocenters. The van der Waals surface area contributed by atoms with Crippen molar-refractivity contribution in [2.45, 2.75) is 30.4 Å². The molecule has 0 fully saturated rings. The summed E-state index contributed by atoms with van der Waals surface area (Å²) in [6, 6.07) is 6.51. The van der Waals surface area contributed by atoms with Gasteiger partial charge in [-0.2, -0.15) is 5.26 Å². The van der Waals surface area contributed by atoms with Gasteiger partial charge >= 0.3 is 0 Å². The van der Waals surface area contributed by atoms with E-state index in [-0.39, 0.29) is 5.82 Å². The lowest BCUT2D eigenvalue weighted by Gasteiger charge is -2.08. The van der Waals surface area contributed by atoms with Crippen LogP contribution in [0.5, 0.6) is 0 Å². The first-order chi connectivity index (χ1) is 6.67. The average Bonchev–Trinajstić information content (AvgIpc) is 2.20. The zero-order chi connectivity index (χ0) is 10.6. The predicted octanol–water partition coefficient (Wildman–Crippen LogP) is 3.59. The van der Waals surface area contributed by atoms with Gasteiger partial charge in [0, 0.05) is 10.1 Å². The predicted molar refractivity (Wildman–Crippen MR) is 56.7 cm³/mol. The van der Waals surface area contributed by atoms with E-state index in [1.165, 1.54) is 17.8 Å². The lowest BCUT2D eigenvalue weighted by atomic mass is 10.2. The molecule has 14 heavy (non-hydrogen) atoms. The highest BCUT2D eigenvalue weighted by molar-refractivity contribution is 7.99. The zero-order valence-corrected chi connectivity index (χ0v) is 9.07. The Bertz CT molecular complexity index is 357. The minimum atomic E-state index is -0.297. The molecule has 1 atom stereocenters. The summed E-state index contributed by atoms with van der Waals surface area (Å²) in [6.07, 6.45) is 1.00. The number of nitrogens with zero attached hydrogens (tertiary/aromatic N) is 1. The molecule has 1 aromatic carbocycles. The number of thioether (sulfide) groups is 1. The third-order valence-corrected chi connectivity index (χ3v) is 3.28. The Kier molecular flexibility index (Phi) is 3.97. The Morgan fingerprint density at radius 1 is 1.57 bits per heavy atom. The standard InChI is InChI=1S/C11H12FNS/c1-3-8(2)14-11-5-4-9(7-13)6-10(11)12/h4-6,8H,3H2,1-2H3. The number of rotatable bonds is 3. The average molecular weight is 209 g/mol. The van der Waals surface area contributed by atoms with Crippen molar-refractivity contribution < 1.29 is 4.39 Å². The highest BCUT2D eigenvalue weighted by atomic mass is 32.2. The first-order valence-corrected chi connectivity index (χ1v) is 5.41. The molecule has 0 saturated carbocycles. The monoisotopic (exact) mass is 209 g/mol. The minimum absolute atomic E-state index is 0.297. The molecule has 0 N–H and O–H groups in total. The molecule has 0 aliphatic rings. The van der Waals surface area contributed by atoms with Gasteiger partial charge in [0.15, 0.2) is 0 Å². The summed E-state index contributed by atoms with van der Waals surface area (Å²) in [5.41, 5.74) is 0.371. The van der Waals surface area contributed by atoms with Gasteiger partial charge in [-0.1, -0.05) is 13.8 Å². The van der Waals surface area contributed by atoms with Gasteiger partial charge in [-0.15, -0.1) is 11.8 Å². The first kappa shape index (κ1) is 11.1. The van der Waals surface area contributed by atoms with E-state index in [0.717, 1.165) is 6.42 Å². The summed E-state index contributed by atoms with van der Waals surface area (Å²) >= 11 is 1.50. The van der Waals surface area contributed by atoms with Gasteiger partial charge in [0.25, 0.3) is 0 Å². The third-order valence-electron chi connectivity index (χ3n) is 1.96. The van der Waals surface area contributed by atoms with Crippen LogP contribution in [0.2, 0.25) is 0 Å². The van der Waals surface area contributed by atoms with Crippen LogP contribution in [0.25, 0.3) is 0 Å². The molecule has 1 aromatic rings. The summed E-state index contributed by atoms with van der Waals surface area (Å²) in [4.78, 5) is 0.623. The normalized spacial score (nSPS) is 12.1. The van der Waals surface area contributed by atoms with Gasteiger partial charge < -0.3 is 0 Å². The van der Waals surface area contributed by atoms with Gasteiger partial charge in [-0.3, -0.25) is 0 Å². The molecule has 0 aromatic heterocycles. The van der Waals surface area contributed by atoms with Crippen LogP contribution in [-0.2, 0) is 0 Å². The van der Waals surface area contributed by atoms with Crippen molar-refractivity contribution in [3.8, 4) is 6.07 Å². The van der Waals surface area contributed by atoms with E-state index < -0.39 is 0 Å². The lowest BCUT2D eigenvalue weighted by Crippen LogP contribution is -1.94. The van der Waals surface area contributed by atoms with Gasteiger partial charge in [0.1, 0.15) is 5.82 Å². The fourth-order valence-corrected chi connectivity index (χ4v) is 1.88. The van der Waals surface area contributed by atoms with Crippen molar-refractivity contribution in [2.24, 2.45) is 0 Å². The maximum absolute atomic E-state index is 13.4. The topological polar surface area (TPSA) is 23.8 Å². The molecule has 0 aliphatic carbocycles. The quantitative estimate of drug-likeness (QED) is 0.710. The number of nitriles is 1. The van der Waals surface area contributed by atoms with Crippen LogP contribution in [0.15, 0.2) is 23.1 Å². The molecule has 0 aliphatic heterocycles. The molecule has 0 bridgehead atoms. The maximum atomic E-state index is 13.4. The molecule has 0 heterocycles. The molecule has 0 saturated heterocycles. The van der Waals surface area contributed by atoms with Crippen LogP contribution >= 0.6 is 11.8 Å². The summed E-state index contributed by atoms with van der Waals surface area (Å²) < 4.78 is 13.4. The summed E-state index contributed by atoms with van der Waals surface area (Å²) in [6.45, 7) is 4.13. The van der Waals surface area contributed by atoms with Gasteiger partial charge in [0.05, 0.1) is 11.6 Å². The van der Waals surface area contributed by atoms with E-state index in [1.807, 2.05) is 6.07 Å². The van der Waals surface area contributed by atoms with E-state index in [0.29, 0.717) is 15.7 Å². The van der Waals surface area contributed by atoms with Gasteiger partial charge in [0.2, 0.25) is 0 Å². The minimum Gasteiger partial charge on any atom is -0.206 e. The fourth-order valence-electron chi connectivity index (χ4n) is 0.966. The van der Waals surface area contributed by atoms with Crippen LogP contribution in [0.4, 0.5) is 4.39 Å². The summed E-state index contributed by atoms with van der Waals surface area (Å²) in [5, 5.41) is 8.96. The van der Waals surface area contributed by atoms with E-state index in [9.17, 15) is 4.39 Å². The fraction of sp³-hybridized carbons (Fsp3) is 0.364. The van der Waals surface area contributed by atoms with Crippen molar-refractivity contribution in [1.82, 2.24) is 0 Å². The van der Waals surface area contributed by atoms with E-state index in [1.54, 1.807) is 12.1 Å². The van der Waals surface area contributed by atoms with Crippen LogP contribution in [0.3, 0.4) is 0 Å². The number of hydrogen-bond acceptors (Lipinski definition) is 2. The highest BCUT2D eigenvalue weighted by Crippen LogP contribution is 2.27. The van der Waals surface area contributed by atoms with Crippen LogP contribution in [0, 0.1) is 17.1 Å². The van der Waals surface area contributed by atoms with Gasteiger partial charge in [-0.25, -0.2) is 4.39 Å². The molecule has 0 radical (unpaired) electrons. The second-order valence-corrected chi connectivity index (χ2v) is 4.57. The molecule has 1 rings (SSSR count). The second kappa shape index (κ2) is 5.02. The van der Waals surface area contributed by atoms with Crippen molar-refractivity contribution in [3.63, 3.8) is 0 Å². The largest absolute Gasteiger partial charge is 0.206 e. The Labute approximate surface area is 87.9 Å². The molecule has 0 spiro atoms. The number of benzene rings is 1. The Balaban J connectivity index is 2.85. The van der Waals surface area contributed by atoms with E-state index in [4.69, 9.17) is 5.26 Å². The van der Waals surface area contributed by atoms with E-state index in [2.05, 4.69) is 13.8 Å². The second-order valence-electron chi connectivity index (χ2n) is 3.09. The Morgan fingerprint density at radius 2 is 2.29 bits per heavy atom. The van der Waals surface area contributed by atoms with Crippen LogP contribution in [-0.4, -0.2) is 5.25 Å². The molecule has 1 nitrogen and oxygen atoms in total. The zero-order valence-electron chi connectivity index (χ0n) is 8.25. The van der Waals surface area contributed by atoms with Crippen molar-refractivity contribution in [3.05, 3.63) is 29.6 Å². The maximum Gasteiger partial charge on any atom is 0.138 e. The lowest BCUT2D eigenvalue weighted by molar-refractivity contribution is 0.601. The SMILES string of the molecule is CCC(C)Sc1ccc(C#N)cc1F. The van der Waals surface area contributed by atoms with Crippen molar-refractivity contribution in [2.75, 3.05) is 0 Å². The molecule has 3 heteroatoms. The highest BCUT2D eigenvalue weighted by Gasteiger charge is 2.07. The van der Waals surface area contributed by atoms with E-state index >= 15 is 0 Å². The molecular weight excluding hydrogens is 197 g/mol. The Hall–Kier alpha value is -1.01. The van der Waals surface area contributed by atoms with Crippen molar-refractivity contribution >= 4 is 11.8 Å². The van der Waals surface area contributed by atoms with Crippen LogP contribution < -0.4 is 0 Å². The molecule has 0 amide bonds. The van der Waals surface area contributed by atoms with Gasteiger partial charge in [-0.05, 0) is 24.6 Å². The summed E-state index contributed by atoms with van der Waals surface area (Å²) in [5.74, 6) is -0.297.